The summed E-state index contributed by atoms with van der Waals surface area (Å²) in [6.45, 7) is 0.396. The van der Waals surface area contributed by atoms with Crippen LogP contribution in [0.15, 0.2) is 140 Å². The van der Waals surface area contributed by atoms with E-state index in [1.807, 2.05) is 115 Å². The van der Waals surface area contributed by atoms with E-state index in [4.69, 9.17) is 23.7 Å². The first-order chi connectivity index (χ1) is 24.1. The zero-order chi connectivity index (χ0) is 33.6. The Hall–Kier alpha value is -4.40. The molecule has 5 aromatic rings. The largest absolute Gasteiger partial charge is 0.497 e. The molecule has 0 saturated carbocycles. The maximum absolute atomic E-state index is 14.4. The van der Waals surface area contributed by atoms with Crippen LogP contribution in [0, 0.1) is 0 Å². The summed E-state index contributed by atoms with van der Waals surface area (Å²) in [5.41, 5.74) is 2.23. The molecule has 9 heteroatoms. The van der Waals surface area contributed by atoms with E-state index < -0.39 is 44.9 Å². The molecule has 2 N–H and O–H groups in total. The van der Waals surface area contributed by atoms with E-state index in [9.17, 15) is 9.90 Å². The molecular weight excluding hydrogens is 637 g/mol. The Morgan fingerprint density at radius 2 is 1.41 bits per heavy atom. The fourth-order valence-electron chi connectivity index (χ4n) is 6.24. The molecule has 0 unspecified atom stereocenters. The lowest BCUT2D eigenvalue weighted by atomic mass is 9.95. The molecule has 2 saturated heterocycles. The third-order valence-corrected chi connectivity index (χ3v) is 11.2. The number of hydrogen-bond acceptors (Lipinski definition) is 7. The summed E-state index contributed by atoms with van der Waals surface area (Å²) >= 11 is 0. The molecule has 0 bridgehead atoms. The van der Waals surface area contributed by atoms with E-state index in [1.165, 1.54) is 0 Å². The van der Waals surface area contributed by atoms with Gasteiger partial charge in [-0.05, 0) is 47.6 Å². The number of fused-ring (bicyclic) bond motifs is 1. The lowest BCUT2D eigenvalue weighted by Crippen LogP contribution is -2.66. The average molecular weight is 676 g/mol. The van der Waals surface area contributed by atoms with Gasteiger partial charge in [-0.15, -0.1) is 0 Å². The molecule has 0 aliphatic carbocycles. The summed E-state index contributed by atoms with van der Waals surface area (Å²) in [7, 11) is 0.542. The van der Waals surface area contributed by atoms with Gasteiger partial charge in [0, 0.05) is 11.1 Å². The number of aliphatic hydroxyl groups excluding tert-OH is 1. The molecule has 2 aliphatic rings. The number of carbonyl (C=O) groups is 1. The Kier molecular flexibility index (Phi) is 10.4. The summed E-state index contributed by atoms with van der Waals surface area (Å²) in [4.78, 5) is 14.4. The SMILES string of the molecule is COc1ccc([C@@H]2OC[C@H]3O[C@H](OCc4ccccc4)[C@H](NC(=O)c4ccccc4P(c4ccccc4)c4ccccc4)[C@@H](O)[C@@H]3O2)cc1. The molecule has 2 aliphatic heterocycles. The van der Waals surface area contributed by atoms with Crippen molar-refractivity contribution in [1.29, 1.82) is 0 Å². The number of aliphatic hydroxyl groups is 1. The highest BCUT2D eigenvalue weighted by Gasteiger charge is 2.50. The van der Waals surface area contributed by atoms with Crippen molar-refractivity contribution in [2.75, 3.05) is 13.7 Å². The number of methoxy groups -OCH3 is 1. The van der Waals surface area contributed by atoms with Crippen molar-refractivity contribution in [2.45, 2.75) is 43.5 Å². The molecule has 7 rings (SSSR count). The Labute approximate surface area is 287 Å². The van der Waals surface area contributed by atoms with Crippen LogP contribution >= 0.6 is 7.92 Å². The fraction of sp³-hybridized carbons (Fsp3) is 0.225. The Morgan fingerprint density at radius 3 is 2.06 bits per heavy atom. The van der Waals surface area contributed by atoms with Gasteiger partial charge in [0.1, 0.15) is 30.1 Å². The molecule has 5 aromatic carbocycles. The minimum absolute atomic E-state index is 0.172. The Balaban J connectivity index is 1.18. The minimum Gasteiger partial charge on any atom is -0.497 e. The van der Waals surface area contributed by atoms with E-state index in [0.717, 1.165) is 27.0 Å². The Morgan fingerprint density at radius 1 is 0.796 bits per heavy atom. The molecule has 250 valence electrons. The van der Waals surface area contributed by atoms with Gasteiger partial charge in [0.15, 0.2) is 12.6 Å². The summed E-state index contributed by atoms with van der Waals surface area (Å²) < 4.78 is 30.3. The highest BCUT2D eigenvalue weighted by atomic mass is 31.1. The van der Waals surface area contributed by atoms with Gasteiger partial charge in [-0.3, -0.25) is 4.79 Å². The smallest absolute Gasteiger partial charge is 0.252 e. The molecule has 0 spiro atoms. The second-order valence-electron chi connectivity index (χ2n) is 11.9. The second-order valence-corrected chi connectivity index (χ2v) is 14.1. The molecule has 6 atom stereocenters. The van der Waals surface area contributed by atoms with Crippen molar-refractivity contribution >= 4 is 29.7 Å². The van der Waals surface area contributed by atoms with Gasteiger partial charge >= 0.3 is 0 Å². The number of nitrogens with one attached hydrogen (secondary N) is 1. The number of hydrogen-bond donors (Lipinski definition) is 2. The van der Waals surface area contributed by atoms with Crippen LogP contribution < -0.4 is 26.0 Å². The van der Waals surface area contributed by atoms with Crippen LogP contribution in [0.25, 0.3) is 0 Å². The van der Waals surface area contributed by atoms with Gasteiger partial charge in [-0.1, -0.05) is 121 Å². The van der Waals surface area contributed by atoms with Crippen LogP contribution in [0.2, 0.25) is 0 Å². The lowest BCUT2D eigenvalue weighted by molar-refractivity contribution is -0.345. The normalized spacial score (nSPS) is 23.4. The molecule has 2 heterocycles. The number of benzene rings is 5. The van der Waals surface area contributed by atoms with E-state index in [-0.39, 0.29) is 19.1 Å². The van der Waals surface area contributed by atoms with Gasteiger partial charge in [-0.2, -0.15) is 0 Å². The maximum Gasteiger partial charge on any atom is 0.252 e. The van der Waals surface area contributed by atoms with E-state index >= 15 is 0 Å². The van der Waals surface area contributed by atoms with Gasteiger partial charge in [0.25, 0.3) is 5.91 Å². The van der Waals surface area contributed by atoms with Crippen molar-refractivity contribution in [3.8, 4) is 5.75 Å². The number of rotatable bonds is 10. The van der Waals surface area contributed by atoms with Gasteiger partial charge in [0.05, 0.1) is 20.3 Å². The average Bonchev–Trinajstić information content (AvgIpc) is 3.17. The fourth-order valence-corrected chi connectivity index (χ4v) is 8.69. The Bertz CT molecular complexity index is 1770. The predicted octanol–water partition coefficient (Wildman–Crippen LogP) is 4.97. The topological polar surface area (TPSA) is 95.5 Å². The van der Waals surface area contributed by atoms with Crippen LogP contribution in [0.3, 0.4) is 0 Å². The molecule has 8 nitrogen and oxygen atoms in total. The van der Waals surface area contributed by atoms with Crippen molar-refractivity contribution in [2.24, 2.45) is 0 Å². The summed E-state index contributed by atoms with van der Waals surface area (Å²) in [6, 6.07) is 44.2. The van der Waals surface area contributed by atoms with Crippen LogP contribution in [0.1, 0.15) is 27.8 Å². The molecule has 0 aromatic heterocycles. The maximum atomic E-state index is 14.4. The monoisotopic (exact) mass is 675 g/mol. The van der Waals surface area contributed by atoms with Crippen molar-refractivity contribution in [3.63, 3.8) is 0 Å². The van der Waals surface area contributed by atoms with Crippen LogP contribution in [0.4, 0.5) is 0 Å². The first-order valence-corrected chi connectivity index (χ1v) is 17.6. The first kappa shape index (κ1) is 33.1. The molecular formula is C40H38NO7P. The van der Waals surface area contributed by atoms with Crippen LogP contribution in [0.5, 0.6) is 5.75 Å². The minimum atomic E-state index is -1.16. The molecule has 2 fully saturated rings. The van der Waals surface area contributed by atoms with Crippen LogP contribution in [-0.2, 0) is 25.6 Å². The first-order valence-electron chi connectivity index (χ1n) is 16.3. The van der Waals surface area contributed by atoms with Gasteiger partial charge in [0.2, 0.25) is 0 Å². The highest BCUT2D eigenvalue weighted by molar-refractivity contribution is 7.80. The van der Waals surface area contributed by atoms with E-state index in [2.05, 4.69) is 29.6 Å². The van der Waals surface area contributed by atoms with E-state index in [0.29, 0.717) is 11.3 Å². The summed E-state index contributed by atoms with van der Waals surface area (Å²) in [5, 5.41) is 18.2. The number of carbonyl (C=O) groups excluding carboxylic acids is 1. The van der Waals surface area contributed by atoms with Gasteiger partial charge in [-0.25, -0.2) is 0 Å². The second kappa shape index (κ2) is 15.4. The third-order valence-electron chi connectivity index (χ3n) is 8.73. The highest BCUT2D eigenvalue weighted by Crippen LogP contribution is 2.37. The molecule has 49 heavy (non-hydrogen) atoms. The number of amides is 1. The van der Waals surface area contributed by atoms with E-state index in [1.54, 1.807) is 7.11 Å². The van der Waals surface area contributed by atoms with Crippen molar-refractivity contribution < 1.29 is 33.6 Å². The molecule has 0 radical (unpaired) electrons. The zero-order valence-corrected chi connectivity index (χ0v) is 27.9. The van der Waals surface area contributed by atoms with Gasteiger partial charge < -0.3 is 34.1 Å². The quantitative estimate of drug-likeness (QED) is 0.202. The number of ether oxygens (including phenoxy) is 5. The van der Waals surface area contributed by atoms with Crippen LogP contribution in [-0.4, -0.2) is 55.4 Å². The third kappa shape index (κ3) is 7.46. The zero-order valence-electron chi connectivity index (χ0n) is 27.0. The molecule has 1 amide bonds. The van der Waals surface area contributed by atoms with Crippen molar-refractivity contribution in [3.05, 3.63) is 156 Å². The lowest BCUT2D eigenvalue weighted by Gasteiger charge is -2.47. The predicted molar refractivity (Wildman–Crippen MR) is 189 cm³/mol. The summed E-state index contributed by atoms with van der Waals surface area (Å²) in [5.74, 6) is 0.372. The van der Waals surface area contributed by atoms with Crippen molar-refractivity contribution in [1.82, 2.24) is 5.32 Å². The summed E-state index contributed by atoms with van der Waals surface area (Å²) in [6.07, 6.45) is -4.27. The standard InChI is InChI=1S/C40H38NO7P/c1-44-29-23-21-28(22-24-29)39-46-26-33-37(48-39)36(42)35(40(47-33)45-25-27-13-5-2-6-14-27)41-38(43)32-19-11-12-20-34(32)49(30-15-7-3-8-16-30)31-17-9-4-10-18-31/h2-24,33,35-37,39-40,42H,25-26H2,1H3,(H,41,43)/t33-,35-,36-,37-,39-,40+/m1/s1.